The van der Waals surface area contributed by atoms with E-state index in [1.54, 1.807) is 0 Å². The fourth-order valence-corrected chi connectivity index (χ4v) is 3.75. The topological polar surface area (TPSA) is 52.7 Å². The second-order valence-corrected chi connectivity index (χ2v) is 7.04. The van der Waals surface area contributed by atoms with Crippen LogP contribution in [0.15, 0.2) is 30.3 Å². The van der Waals surface area contributed by atoms with Crippen LogP contribution >= 0.6 is 0 Å². The van der Waals surface area contributed by atoms with Crippen LogP contribution in [0.4, 0.5) is 0 Å². The normalized spacial score (nSPS) is 25.9. The Labute approximate surface area is 144 Å². The lowest BCUT2D eigenvalue weighted by atomic mass is 9.99. The summed E-state index contributed by atoms with van der Waals surface area (Å²) in [6.45, 7) is 5.64. The summed E-state index contributed by atoms with van der Waals surface area (Å²) in [7, 11) is 0. The van der Waals surface area contributed by atoms with Crippen LogP contribution in [0.2, 0.25) is 0 Å². The first-order chi connectivity index (χ1) is 11.6. The Morgan fingerprint density at radius 2 is 2.04 bits per heavy atom. The molecule has 2 saturated heterocycles. The number of amides is 2. The molecule has 1 aromatic rings. The van der Waals surface area contributed by atoms with E-state index in [1.165, 1.54) is 6.42 Å². The minimum Gasteiger partial charge on any atom is -0.355 e. The molecule has 2 amide bonds. The molecule has 0 spiro atoms. The number of benzene rings is 1. The van der Waals surface area contributed by atoms with E-state index in [-0.39, 0.29) is 17.9 Å². The molecular formula is C19H27N3O2. The smallest absolute Gasteiger partial charge is 0.236 e. The van der Waals surface area contributed by atoms with Crippen molar-refractivity contribution in [2.75, 3.05) is 32.7 Å². The molecule has 2 heterocycles. The SMILES string of the molecule is C[C@@H]1CCCN(C(=O)CN2CCNC(=O)C[C@H]2c2ccccc2)C1. The molecule has 2 aliphatic rings. The van der Waals surface area contributed by atoms with E-state index in [9.17, 15) is 9.59 Å². The van der Waals surface area contributed by atoms with E-state index in [1.807, 2.05) is 35.2 Å². The molecule has 1 aromatic carbocycles. The number of carbonyl (C=O) groups is 2. The minimum absolute atomic E-state index is 0.0279. The lowest BCUT2D eigenvalue weighted by molar-refractivity contribution is -0.135. The summed E-state index contributed by atoms with van der Waals surface area (Å²) in [5.41, 5.74) is 1.11. The maximum absolute atomic E-state index is 12.8. The maximum atomic E-state index is 12.8. The monoisotopic (exact) mass is 329 g/mol. The lowest BCUT2D eigenvalue weighted by Gasteiger charge is -2.34. The fourth-order valence-electron chi connectivity index (χ4n) is 3.75. The van der Waals surface area contributed by atoms with Gasteiger partial charge < -0.3 is 10.2 Å². The van der Waals surface area contributed by atoms with Crippen LogP contribution in [0.1, 0.15) is 37.8 Å². The molecule has 5 nitrogen and oxygen atoms in total. The van der Waals surface area contributed by atoms with Crippen LogP contribution in [-0.4, -0.2) is 54.3 Å². The Morgan fingerprint density at radius 3 is 2.79 bits per heavy atom. The van der Waals surface area contributed by atoms with Crippen molar-refractivity contribution in [3.63, 3.8) is 0 Å². The molecule has 0 aliphatic carbocycles. The molecule has 2 aliphatic heterocycles. The van der Waals surface area contributed by atoms with Crippen LogP contribution in [0.5, 0.6) is 0 Å². The molecule has 0 bridgehead atoms. The van der Waals surface area contributed by atoms with Gasteiger partial charge in [-0.2, -0.15) is 0 Å². The second kappa shape index (κ2) is 7.79. The summed E-state index contributed by atoms with van der Waals surface area (Å²) in [5, 5.41) is 2.93. The molecule has 24 heavy (non-hydrogen) atoms. The van der Waals surface area contributed by atoms with Crippen LogP contribution in [-0.2, 0) is 9.59 Å². The average Bonchev–Trinajstić information content (AvgIpc) is 2.77. The van der Waals surface area contributed by atoms with E-state index < -0.39 is 0 Å². The van der Waals surface area contributed by atoms with Crippen molar-refractivity contribution in [2.24, 2.45) is 5.92 Å². The van der Waals surface area contributed by atoms with E-state index in [0.29, 0.717) is 32.0 Å². The third kappa shape index (κ3) is 4.15. The maximum Gasteiger partial charge on any atom is 0.236 e. The molecule has 1 N–H and O–H groups in total. The Balaban J connectivity index is 1.73. The van der Waals surface area contributed by atoms with Gasteiger partial charge in [0.05, 0.1) is 6.54 Å². The molecule has 0 saturated carbocycles. The number of rotatable bonds is 3. The minimum atomic E-state index is -0.0279. The van der Waals surface area contributed by atoms with Gasteiger partial charge in [0.15, 0.2) is 0 Å². The van der Waals surface area contributed by atoms with Crippen molar-refractivity contribution < 1.29 is 9.59 Å². The lowest BCUT2D eigenvalue weighted by Crippen LogP contribution is -2.46. The van der Waals surface area contributed by atoms with Gasteiger partial charge in [-0.3, -0.25) is 14.5 Å². The summed E-state index contributed by atoms with van der Waals surface area (Å²) in [6, 6.07) is 10.0. The predicted molar refractivity (Wildman–Crippen MR) is 93.4 cm³/mol. The standard InChI is InChI=1S/C19H27N3O2/c1-15-6-5-10-22(13-15)19(24)14-21-11-9-20-18(23)12-17(21)16-7-3-2-4-8-16/h2-4,7-8,15,17H,5-6,9-14H2,1H3,(H,20,23)/t15-,17+/m1/s1. The van der Waals surface area contributed by atoms with Crippen molar-refractivity contribution >= 4 is 11.8 Å². The molecule has 3 rings (SSSR count). The zero-order valence-corrected chi connectivity index (χ0v) is 14.4. The second-order valence-electron chi connectivity index (χ2n) is 7.04. The van der Waals surface area contributed by atoms with Gasteiger partial charge in [0.2, 0.25) is 11.8 Å². The third-order valence-electron chi connectivity index (χ3n) is 5.07. The average molecular weight is 329 g/mol. The molecule has 0 unspecified atom stereocenters. The fraction of sp³-hybridized carbons (Fsp3) is 0.579. The number of carbonyl (C=O) groups excluding carboxylic acids is 2. The molecule has 2 fully saturated rings. The molecule has 2 atom stereocenters. The first kappa shape index (κ1) is 17.0. The largest absolute Gasteiger partial charge is 0.355 e. The first-order valence-corrected chi connectivity index (χ1v) is 8.97. The van der Waals surface area contributed by atoms with Crippen molar-refractivity contribution in [2.45, 2.75) is 32.2 Å². The summed E-state index contributed by atoms with van der Waals surface area (Å²) in [6.07, 6.45) is 2.71. The van der Waals surface area contributed by atoms with Crippen molar-refractivity contribution in [3.05, 3.63) is 35.9 Å². The van der Waals surface area contributed by atoms with Gasteiger partial charge in [-0.05, 0) is 24.3 Å². The Hall–Kier alpha value is -1.88. The van der Waals surface area contributed by atoms with Gasteiger partial charge >= 0.3 is 0 Å². The van der Waals surface area contributed by atoms with E-state index in [4.69, 9.17) is 0 Å². The number of nitrogens with zero attached hydrogens (tertiary/aromatic N) is 2. The van der Waals surface area contributed by atoms with Crippen LogP contribution in [0, 0.1) is 5.92 Å². The number of piperidine rings is 1. The summed E-state index contributed by atoms with van der Waals surface area (Å²) >= 11 is 0. The van der Waals surface area contributed by atoms with Crippen molar-refractivity contribution in [1.29, 1.82) is 0 Å². The van der Waals surface area contributed by atoms with Crippen molar-refractivity contribution in [3.8, 4) is 0 Å². The number of nitrogens with one attached hydrogen (secondary N) is 1. The van der Waals surface area contributed by atoms with Crippen LogP contribution in [0.3, 0.4) is 0 Å². The zero-order chi connectivity index (χ0) is 16.9. The molecule has 0 radical (unpaired) electrons. The van der Waals surface area contributed by atoms with Gasteiger partial charge in [-0.25, -0.2) is 0 Å². The summed E-state index contributed by atoms with van der Waals surface area (Å²) < 4.78 is 0. The van der Waals surface area contributed by atoms with E-state index in [0.717, 1.165) is 25.1 Å². The molecule has 0 aromatic heterocycles. The first-order valence-electron chi connectivity index (χ1n) is 8.97. The Kier molecular flexibility index (Phi) is 5.51. The quantitative estimate of drug-likeness (QED) is 0.920. The molecule has 130 valence electrons. The number of hydrogen-bond acceptors (Lipinski definition) is 3. The highest BCUT2D eigenvalue weighted by Gasteiger charge is 2.29. The highest BCUT2D eigenvalue weighted by atomic mass is 16.2. The Morgan fingerprint density at radius 1 is 1.25 bits per heavy atom. The predicted octanol–water partition coefficient (Wildman–Crippen LogP) is 1.81. The van der Waals surface area contributed by atoms with Gasteiger partial charge in [0, 0.05) is 38.6 Å². The molecular weight excluding hydrogens is 302 g/mol. The van der Waals surface area contributed by atoms with Crippen LogP contribution < -0.4 is 5.32 Å². The van der Waals surface area contributed by atoms with Gasteiger partial charge in [0.25, 0.3) is 0 Å². The summed E-state index contributed by atoms with van der Waals surface area (Å²) in [5.74, 6) is 0.835. The number of likely N-dealkylation sites (tertiary alicyclic amines) is 1. The van der Waals surface area contributed by atoms with Gasteiger partial charge in [-0.15, -0.1) is 0 Å². The highest BCUT2D eigenvalue weighted by molar-refractivity contribution is 5.79. The Bertz CT molecular complexity index is 575. The van der Waals surface area contributed by atoms with E-state index in [2.05, 4.69) is 17.1 Å². The summed E-state index contributed by atoms with van der Waals surface area (Å²) in [4.78, 5) is 28.9. The third-order valence-corrected chi connectivity index (χ3v) is 5.07. The van der Waals surface area contributed by atoms with E-state index >= 15 is 0 Å². The molecule has 5 heteroatoms. The zero-order valence-electron chi connectivity index (χ0n) is 14.4. The van der Waals surface area contributed by atoms with Gasteiger partial charge in [-0.1, -0.05) is 37.3 Å². The van der Waals surface area contributed by atoms with Crippen molar-refractivity contribution in [1.82, 2.24) is 15.1 Å². The number of hydrogen-bond donors (Lipinski definition) is 1. The highest BCUT2D eigenvalue weighted by Crippen LogP contribution is 2.26. The van der Waals surface area contributed by atoms with Crippen LogP contribution in [0.25, 0.3) is 0 Å². The van der Waals surface area contributed by atoms with Gasteiger partial charge in [0.1, 0.15) is 0 Å².